The first-order valence-corrected chi connectivity index (χ1v) is 4.11. The first-order valence-electron chi connectivity index (χ1n) is 4.11. The maximum atomic E-state index is 10.3. The summed E-state index contributed by atoms with van der Waals surface area (Å²) in [6, 6.07) is 0. The zero-order chi connectivity index (χ0) is 9.68. The number of imidazole rings is 1. The van der Waals surface area contributed by atoms with Crippen LogP contribution >= 0.6 is 0 Å². The number of nitro groups is 1. The monoisotopic (exact) mass is 184 g/mol. The molecule has 0 saturated heterocycles. The molecule has 0 unspecified atom stereocenters. The fourth-order valence-corrected chi connectivity index (χ4v) is 0.950. The van der Waals surface area contributed by atoms with Gasteiger partial charge in [0.2, 0.25) is 6.33 Å². The van der Waals surface area contributed by atoms with Gasteiger partial charge in [-0.15, -0.1) is 0 Å². The van der Waals surface area contributed by atoms with E-state index in [2.05, 4.69) is 10.3 Å². The quantitative estimate of drug-likeness (QED) is 0.408. The van der Waals surface area contributed by atoms with Gasteiger partial charge in [-0.2, -0.15) is 0 Å². The van der Waals surface area contributed by atoms with E-state index in [0.29, 0.717) is 6.54 Å². The van der Waals surface area contributed by atoms with E-state index in [9.17, 15) is 10.1 Å². The van der Waals surface area contributed by atoms with Crippen molar-refractivity contribution < 1.29 is 4.92 Å². The number of likely N-dealkylation sites (N-methyl/N-ethyl adjacent to an activating group) is 1. The Morgan fingerprint density at radius 1 is 1.77 bits per heavy atom. The normalized spacial score (nSPS) is 10.2. The molecule has 1 aromatic heterocycles. The Balaban J connectivity index is 2.44. The second-order valence-electron chi connectivity index (χ2n) is 2.58. The summed E-state index contributed by atoms with van der Waals surface area (Å²) in [6.45, 7) is 4.41. The smallest absolute Gasteiger partial charge is 0.358 e. The fraction of sp³-hybridized carbons (Fsp3) is 0.571. The summed E-state index contributed by atoms with van der Waals surface area (Å²) in [6.07, 6.45) is 2.90. The van der Waals surface area contributed by atoms with Gasteiger partial charge in [0.15, 0.2) is 0 Å². The van der Waals surface area contributed by atoms with E-state index in [1.165, 1.54) is 12.5 Å². The maximum Gasteiger partial charge on any atom is 0.381 e. The van der Waals surface area contributed by atoms with Gasteiger partial charge in [-0.1, -0.05) is 6.92 Å². The second kappa shape index (κ2) is 4.56. The predicted octanol–water partition coefficient (Wildman–Crippen LogP) is 0.401. The average Bonchev–Trinajstić information content (AvgIpc) is 2.53. The average molecular weight is 184 g/mol. The third kappa shape index (κ3) is 2.83. The van der Waals surface area contributed by atoms with Gasteiger partial charge in [0, 0.05) is 13.1 Å². The Kier molecular flexibility index (Phi) is 3.39. The molecule has 0 fully saturated rings. The summed E-state index contributed by atoms with van der Waals surface area (Å²) >= 11 is 0. The molecular formula is C7H12N4O2. The molecule has 0 atom stereocenters. The molecule has 0 saturated carbocycles. The van der Waals surface area contributed by atoms with E-state index in [4.69, 9.17) is 0 Å². The molecule has 72 valence electrons. The van der Waals surface area contributed by atoms with Gasteiger partial charge in [0.25, 0.3) is 0 Å². The first kappa shape index (κ1) is 9.66. The van der Waals surface area contributed by atoms with Crippen LogP contribution in [-0.4, -0.2) is 27.6 Å². The Morgan fingerprint density at radius 2 is 2.54 bits per heavy atom. The molecule has 0 spiro atoms. The molecular weight excluding hydrogens is 172 g/mol. The van der Waals surface area contributed by atoms with Crippen LogP contribution in [0.5, 0.6) is 0 Å². The predicted molar refractivity (Wildman–Crippen MR) is 47.4 cm³/mol. The molecule has 1 aromatic rings. The molecule has 1 heterocycles. The SMILES string of the molecule is CCNCCn1cnc([N+](=O)[O-])c1. The lowest BCUT2D eigenvalue weighted by molar-refractivity contribution is -0.389. The third-order valence-corrected chi connectivity index (χ3v) is 1.60. The molecule has 0 radical (unpaired) electrons. The Hall–Kier alpha value is -1.43. The van der Waals surface area contributed by atoms with Crippen LogP contribution in [-0.2, 0) is 6.54 Å². The van der Waals surface area contributed by atoms with Crippen molar-refractivity contribution in [2.75, 3.05) is 13.1 Å². The maximum absolute atomic E-state index is 10.3. The van der Waals surface area contributed by atoms with Crippen molar-refractivity contribution >= 4 is 5.82 Å². The highest BCUT2D eigenvalue weighted by Gasteiger charge is 2.08. The topological polar surface area (TPSA) is 73.0 Å². The van der Waals surface area contributed by atoms with Crippen LogP contribution in [0.15, 0.2) is 12.5 Å². The van der Waals surface area contributed by atoms with Crippen LogP contribution in [0, 0.1) is 10.1 Å². The van der Waals surface area contributed by atoms with E-state index in [-0.39, 0.29) is 5.82 Å². The van der Waals surface area contributed by atoms with E-state index in [1.54, 1.807) is 4.57 Å². The van der Waals surface area contributed by atoms with Gasteiger partial charge in [-0.3, -0.25) is 0 Å². The fourth-order valence-electron chi connectivity index (χ4n) is 0.950. The van der Waals surface area contributed by atoms with Gasteiger partial charge in [-0.05, 0) is 16.5 Å². The minimum absolute atomic E-state index is 0.100. The van der Waals surface area contributed by atoms with Crippen LogP contribution in [0.25, 0.3) is 0 Å². The molecule has 13 heavy (non-hydrogen) atoms. The van der Waals surface area contributed by atoms with Crippen molar-refractivity contribution in [3.63, 3.8) is 0 Å². The van der Waals surface area contributed by atoms with Gasteiger partial charge in [-0.25, -0.2) is 0 Å². The molecule has 1 rings (SSSR count). The molecule has 6 nitrogen and oxygen atoms in total. The minimum Gasteiger partial charge on any atom is -0.358 e. The second-order valence-corrected chi connectivity index (χ2v) is 2.58. The van der Waals surface area contributed by atoms with E-state index in [1.807, 2.05) is 6.92 Å². The van der Waals surface area contributed by atoms with Crippen molar-refractivity contribution in [3.8, 4) is 0 Å². The number of hydrogen-bond acceptors (Lipinski definition) is 4. The highest BCUT2D eigenvalue weighted by molar-refractivity contribution is 5.12. The van der Waals surface area contributed by atoms with Gasteiger partial charge < -0.3 is 20.0 Å². The van der Waals surface area contributed by atoms with Crippen LogP contribution < -0.4 is 5.32 Å². The highest BCUT2D eigenvalue weighted by atomic mass is 16.6. The minimum atomic E-state index is -0.496. The third-order valence-electron chi connectivity index (χ3n) is 1.60. The number of hydrogen-bond donors (Lipinski definition) is 1. The van der Waals surface area contributed by atoms with E-state index >= 15 is 0 Å². The van der Waals surface area contributed by atoms with Crippen molar-refractivity contribution in [3.05, 3.63) is 22.6 Å². The molecule has 1 N–H and O–H groups in total. The van der Waals surface area contributed by atoms with Crippen LogP contribution in [0.4, 0.5) is 5.82 Å². The molecule has 0 bridgehead atoms. The first-order chi connectivity index (χ1) is 6.24. The van der Waals surface area contributed by atoms with Crippen LogP contribution in [0.2, 0.25) is 0 Å². The van der Waals surface area contributed by atoms with E-state index in [0.717, 1.165) is 13.1 Å². The lowest BCUT2D eigenvalue weighted by atomic mass is 10.6. The van der Waals surface area contributed by atoms with Crippen LogP contribution in [0.3, 0.4) is 0 Å². The van der Waals surface area contributed by atoms with Gasteiger partial charge in [0.1, 0.15) is 6.20 Å². The number of nitrogens with zero attached hydrogens (tertiary/aromatic N) is 3. The van der Waals surface area contributed by atoms with Crippen LogP contribution in [0.1, 0.15) is 6.92 Å². The van der Waals surface area contributed by atoms with E-state index < -0.39 is 4.92 Å². The van der Waals surface area contributed by atoms with Crippen molar-refractivity contribution in [1.29, 1.82) is 0 Å². The Labute approximate surface area is 75.7 Å². The van der Waals surface area contributed by atoms with Crippen molar-refractivity contribution in [2.24, 2.45) is 0 Å². The zero-order valence-electron chi connectivity index (χ0n) is 7.43. The molecule has 0 amide bonds. The van der Waals surface area contributed by atoms with Gasteiger partial charge in [0.05, 0.1) is 0 Å². The Morgan fingerprint density at radius 3 is 3.08 bits per heavy atom. The summed E-state index contributed by atoms with van der Waals surface area (Å²) in [5.41, 5.74) is 0. The highest BCUT2D eigenvalue weighted by Crippen LogP contribution is 2.04. The van der Waals surface area contributed by atoms with Crippen molar-refractivity contribution in [1.82, 2.24) is 14.9 Å². The van der Waals surface area contributed by atoms with Gasteiger partial charge >= 0.3 is 5.82 Å². The lowest BCUT2D eigenvalue weighted by Crippen LogP contribution is -2.18. The number of nitrogens with one attached hydrogen (secondary N) is 1. The number of rotatable bonds is 5. The summed E-state index contributed by atoms with van der Waals surface area (Å²) in [7, 11) is 0. The molecule has 0 aromatic carbocycles. The standard InChI is InChI=1S/C7H12N4O2/c1-2-8-3-4-10-5-7(9-6-10)11(12)13/h5-6,8H,2-4H2,1H3. The molecule has 0 aliphatic carbocycles. The van der Waals surface area contributed by atoms with Crippen molar-refractivity contribution in [2.45, 2.75) is 13.5 Å². The molecule has 0 aliphatic rings. The zero-order valence-corrected chi connectivity index (χ0v) is 7.43. The summed E-state index contributed by atoms with van der Waals surface area (Å²) in [5, 5.41) is 13.4. The largest absolute Gasteiger partial charge is 0.381 e. The lowest BCUT2D eigenvalue weighted by Gasteiger charge is -1.99. The summed E-state index contributed by atoms with van der Waals surface area (Å²) < 4.78 is 1.70. The summed E-state index contributed by atoms with van der Waals surface area (Å²) in [5.74, 6) is -0.100. The summed E-state index contributed by atoms with van der Waals surface area (Å²) in [4.78, 5) is 13.4. The molecule has 6 heteroatoms. The number of aromatic nitrogens is 2. The molecule has 0 aliphatic heterocycles. The Bertz CT molecular complexity index is 284.